The fraction of sp³-hybridized carbons (Fsp3) is 0.583. The highest BCUT2D eigenvalue weighted by molar-refractivity contribution is 7.89. The van der Waals surface area contributed by atoms with Gasteiger partial charge in [-0.3, -0.25) is 0 Å². The van der Waals surface area contributed by atoms with Crippen LogP contribution in [0.4, 0.5) is 0 Å². The number of hydrogen-bond acceptors (Lipinski definition) is 4. The minimum absolute atomic E-state index is 0.0655. The summed E-state index contributed by atoms with van der Waals surface area (Å²) in [6.07, 6.45) is 2.44. The maximum atomic E-state index is 12.1. The van der Waals surface area contributed by atoms with E-state index in [4.69, 9.17) is 10.2 Å². The first kappa shape index (κ1) is 16.7. The van der Waals surface area contributed by atoms with E-state index in [1.807, 2.05) is 6.92 Å². The van der Waals surface area contributed by atoms with E-state index in [9.17, 15) is 13.2 Å². The number of carboxylic acids is 1. The summed E-state index contributed by atoms with van der Waals surface area (Å²) in [6.45, 7) is 3.73. The summed E-state index contributed by atoms with van der Waals surface area (Å²) in [4.78, 5) is 11.0. The van der Waals surface area contributed by atoms with Gasteiger partial charge in [0.2, 0.25) is 10.0 Å². The first-order chi connectivity index (χ1) is 9.35. The van der Waals surface area contributed by atoms with Gasteiger partial charge in [-0.15, -0.1) is 0 Å². The van der Waals surface area contributed by atoms with Crippen LogP contribution in [0.2, 0.25) is 0 Å². The molecule has 1 rings (SSSR count). The first-order valence-electron chi connectivity index (χ1n) is 6.42. The van der Waals surface area contributed by atoms with Gasteiger partial charge in [0, 0.05) is 18.8 Å². The molecule has 0 amide bonds. The number of aliphatic hydroxyl groups excluding tert-OH is 1. The Morgan fingerprint density at radius 2 is 2.10 bits per heavy atom. The Morgan fingerprint density at radius 1 is 1.45 bits per heavy atom. The number of aromatic carboxylic acids is 1. The Balaban J connectivity index is 3.12. The van der Waals surface area contributed by atoms with Crippen LogP contribution in [-0.2, 0) is 16.6 Å². The Kier molecular flexibility index (Phi) is 5.73. The van der Waals surface area contributed by atoms with Crippen LogP contribution in [0.3, 0.4) is 0 Å². The lowest BCUT2D eigenvalue weighted by atomic mass is 10.3. The molecule has 114 valence electrons. The van der Waals surface area contributed by atoms with Gasteiger partial charge in [-0.05, 0) is 18.9 Å². The Labute approximate surface area is 118 Å². The van der Waals surface area contributed by atoms with Gasteiger partial charge < -0.3 is 14.8 Å². The number of aliphatic hydroxyl groups is 1. The van der Waals surface area contributed by atoms with Gasteiger partial charge in [0.15, 0.2) is 0 Å². The van der Waals surface area contributed by atoms with Gasteiger partial charge in [0.05, 0.1) is 6.61 Å². The quantitative estimate of drug-likeness (QED) is 0.653. The summed E-state index contributed by atoms with van der Waals surface area (Å²) in [7, 11) is -3.83. The second-order valence-corrected chi connectivity index (χ2v) is 6.18. The van der Waals surface area contributed by atoms with Crippen molar-refractivity contribution in [3.8, 4) is 0 Å². The highest BCUT2D eigenvalue weighted by Crippen LogP contribution is 2.16. The number of carboxylic acid groups (broad SMARTS) is 1. The summed E-state index contributed by atoms with van der Waals surface area (Å²) in [5.74, 6) is -1.17. The number of sulfonamides is 1. The molecular formula is C12H20N2O5S. The zero-order valence-electron chi connectivity index (χ0n) is 11.5. The minimum atomic E-state index is -3.83. The predicted molar refractivity (Wildman–Crippen MR) is 73.2 cm³/mol. The van der Waals surface area contributed by atoms with E-state index in [1.165, 1.54) is 10.8 Å². The van der Waals surface area contributed by atoms with E-state index in [-0.39, 0.29) is 17.2 Å². The molecule has 0 saturated carbocycles. The average Bonchev–Trinajstić information content (AvgIpc) is 2.81. The molecule has 8 heteroatoms. The van der Waals surface area contributed by atoms with E-state index in [2.05, 4.69) is 4.72 Å². The Morgan fingerprint density at radius 3 is 2.55 bits per heavy atom. The molecule has 0 aliphatic carbocycles. The zero-order chi connectivity index (χ0) is 15.3. The molecule has 0 saturated heterocycles. The van der Waals surface area contributed by atoms with E-state index < -0.39 is 22.0 Å². The SMILES string of the molecule is CCCn1cc(S(=O)(=O)N[C@@H](CC)CO)cc1C(=O)O. The summed E-state index contributed by atoms with van der Waals surface area (Å²) >= 11 is 0. The molecule has 1 atom stereocenters. The monoisotopic (exact) mass is 304 g/mol. The van der Waals surface area contributed by atoms with Crippen LogP contribution in [0.1, 0.15) is 37.2 Å². The number of aryl methyl sites for hydroxylation is 1. The van der Waals surface area contributed by atoms with Crippen LogP contribution in [0.5, 0.6) is 0 Å². The zero-order valence-corrected chi connectivity index (χ0v) is 12.4. The molecule has 1 aromatic rings. The molecule has 0 fully saturated rings. The topological polar surface area (TPSA) is 109 Å². The second-order valence-electron chi connectivity index (χ2n) is 4.47. The number of aromatic nitrogens is 1. The van der Waals surface area contributed by atoms with Gasteiger partial charge in [0.1, 0.15) is 10.6 Å². The van der Waals surface area contributed by atoms with Gasteiger partial charge in [0.25, 0.3) is 0 Å². The summed E-state index contributed by atoms with van der Waals surface area (Å²) in [5.41, 5.74) is -0.0655. The molecule has 0 aromatic carbocycles. The number of nitrogens with zero attached hydrogens (tertiary/aromatic N) is 1. The third kappa shape index (κ3) is 3.81. The van der Waals surface area contributed by atoms with Crippen LogP contribution in [0.15, 0.2) is 17.2 Å². The first-order valence-corrected chi connectivity index (χ1v) is 7.90. The largest absolute Gasteiger partial charge is 0.477 e. The molecule has 7 nitrogen and oxygen atoms in total. The van der Waals surface area contributed by atoms with E-state index >= 15 is 0 Å². The van der Waals surface area contributed by atoms with Gasteiger partial charge >= 0.3 is 5.97 Å². The standard InChI is InChI=1S/C12H20N2O5S/c1-3-5-14-7-10(6-11(14)12(16)17)20(18,19)13-9(4-2)8-15/h6-7,9,13,15H,3-5,8H2,1-2H3,(H,16,17)/t9-/m0/s1. The summed E-state index contributed by atoms with van der Waals surface area (Å²) in [6, 6.07) is 0.549. The van der Waals surface area contributed by atoms with E-state index in [0.29, 0.717) is 19.4 Å². The maximum Gasteiger partial charge on any atom is 0.352 e. The fourth-order valence-corrected chi connectivity index (χ4v) is 3.12. The molecular weight excluding hydrogens is 284 g/mol. The van der Waals surface area contributed by atoms with E-state index in [1.54, 1.807) is 6.92 Å². The minimum Gasteiger partial charge on any atom is -0.477 e. The van der Waals surface area contributed by atoms with Crippen molar-refractivity contribution in [1.29, 1.82) is 0 Å². The molecule has 3 N–H and O–H groups in total. The van der Waals surface area contributed by atoms with Crippen LogP contribution >= 0.6 is 0 Å². The summed E-state index contributed by atoms with van der Waals surface area (Å²) in [5, 5.41) is 18.1. The van der Waals surface area contributed by atoms with Gasteiger partial charge in [-0.25, -0.2) is 17.9 Å². The van der Waals surface area contributed by atoms with Crippen molar-refractivity contribution >= 4 is 16.0 Å². The van der Waals surface area contributed by atoms with E-state index in [0.717, 1.165) is 6.07 Å². The van der Waals surface area contributed by atoms with Crippen LogP contribution < -0.4 is 4.72 Å². The average molecular weight is 304 g/mol. The van der Waals surface area contributed by atoms with Crippen molar-refractivity contribution in [3.05, 3.63) is 18.0 Å². The van der Waals surface area contributed by atoms with Gasteiger partial charge in [-0.1, -0.05) is 13.8 Å². The Bertz CT molecular complexity index is 560. The molecule has 0 radical (unpaired) electrons. The molecule has 0 spiro atoms. The summed E-state index contributed by atoms with van der Waals surface area (Å²) < 4.78 is 28.0. The molecule has 0 aliphatic heterocycles. The molecule has 1 heterocycles. The third-order valence-electron chi connectivity index (χ3n) is 2.90. The lowest BCUT2D eigenvalue weighted by molar-refractivity contribution is 0.0685. The predicted octanol–water partition coefficient (Wildman–Crippen LogP) is 0.645. The second kappa shape index (κ2) is 6.87. The van der Waals surface area contributed by atoms with Crippen LogP contribution in [-0.4, -0.2) is 41.8 Å². The Hall–Kier alpha value is -1.38. The molecule has 0 aliphatic rings. The lowest BCUT2D eigenvalue weighted by Crippen LogP contribution is -2.36. The molecule has 0 unspecified atom stereocenters. The van der Waals surface area contributed by atoms with Gasteiger partial charge in [-0.2, -0.15) is 0 Å². The smallest absolute Gasteiger partial charge is 0.352 e. The molecule has 1 aromatic heterocycles. The van der Waals surface area contributed by atoms with Crippen molar-refractivity contribution in [2.24, 2.45) is 0 Å². The number of carbonyl (C=O) groups is 1. The van der Waals surface area contributed by atoms with Crippen molar-refractivity contribution in [3.63, 3.8) is 0 Å². The fourth-order valence-electron chi connectivity index (χ4n) is 1.77. The van der Waals surface area contributed by atoms with Crippen molar-refractivity contribution < 1.29 is 23.4 Å². The van der Waals surface area contributed by atoms with Crippen LogP contribution in [0, 0.1) is 0 Å². The normalized spacial score (nSPS) is 13.3. The van der Waals surface area contributed by atoms with Crippen molar-refractivity contribution in [2.75, 3.05) is 6.61 Å². The van der Waals surface area contributed by atoms with Crippen molar-refractivity contribution in [2.45, 2.75) is 44.2 Å². The molecule has 0 bridgehead atoms. The lowest BCUT2D eigenvalue weighted by Gasteiger charge is -2.13. The third-order valence-corrected chi connectivity index (χ3v) is 4.39. The highest BCUT2D eigenvalue weighted by atomic mass is 32.2. The van der Waals surface area contributed by atoms with Crippen LogP contribution in [0.25, 0.3) is 0 Å². The number of nitrogens with one attached hydrogen (secondary N) is 1. The highest BCUT2D eigenvalue weighted by Gasteiger charge is 2.23. The molecule has 20 heavy (non-hydrogen) atoms. The number of rotatable bonds is 8. The number of hydrogen-bond donors (Lipinski definition) is 3. The van der Waals surface area contributed by atoms with Crippen molar-refractivity contribution in [1.82, 2.24) is 9.29 Å². The maximum absolute atomic E-state index is 12.1.